The van der Waals surface area contributed by atoms with Crippen LogP contribution in [0.25, 0.3) is 5.69 Å². The Morgan fingerprint density at radius 3 is 2.62 bits per heavy atom. The highest BCUT2D eigenvalue weighted by Crippen LogP contribution is 2.22. The van der Waals surface area contributed by atoms with Crippen LogP contribution in [0, 0.1) is 20.8 Å². The largest absolute Gasteiger partial charge is 0.318 e. The van der Waals surface area contributed by atoms with Crippen molar-refractivity contribution < 1.29 is 9.59 Å². The zero-order valence-corrected chi connectivity index (χ0v) is 14.3. The molecule has 24 heavy (non-hydrogen) atoms. The molecule has 0 aliphatic heterocycles. The lowest BCUT2D eigenvalue weighted by atomic mass is 10.1. The number of carbonyl (C=O) groups is 2. The van der Waals surface area contributed by atoms with Crippen molar-refractivity contribution in [3.63, 3.8) is 0 Å². The molecular formula is C17H16N4O2S. The summed E-state index contributed by atoms with van der Waals surface area (Å²) < 4.78 is 1.97. The van der Waals surface area contributed by atoms with E-state index in [1.807, 2.05) is 49.6 Å². The highest BCUT2D eigenvalue weighted by atomic mass is 32.1. The Bertz CT molecular complexity index is 913. The number of anilines is 1. The lowest BCUT2D eigenvalue weighted by molar-refractivity contribution is -0.112. The number of hydrogen-bond acceptors (Lipinski definition) is 5. The third-order valence-corrected chi connectivity index (χ3v) is 4.33. The lowest BCUT2D eigenvalue weighted by Gasteiger charge is -2.10. The molecule has 0 fully saturated rings. The van der Waals surface area contributed by atoms with Gasteiger partial charge in [-0.25, -0.2) is 0 Å². The Balaban J connectivity index is 1.93. The quantitative estimate of drug-likeness (QED) is 0.585. The van der Waals surface area contributed by atoms with Gasteiger partial charge in [0, 0.05) is 22.6 Å². The minimum Gasteiger partial charge on any atom is -0.318 e. The van der Waals surface area contributed by atoms with Gasteiger partial charge in [-0.05, 0) is 44.5 Å². The molecule has 0 saturated heterocycles. The fourth-order valence-corrected chi connectivity index (χ4v) is 3.10. The molecule has 0 spiro atoms. The van der Waals surface area contributed by atoms with Gasteiger partial charge >= 0.3 is 0 Å². The van der Waals surface area contributed by atoms with Gasteiger partial charge in [-0.1, -0.05) is 23.5 Å². The highest BCUT2D eigenvalue weighted by Gasteiger charge is 2.23. The molecule has 122 valence electrons. The lowest BCUT2D eigenvalue weighted by Crippen LogP contribution is -2.23. The predicted molar refractivity (Wildman–Crippen MR) is 92.8 cm³/mol. The number of nitrogens with one attached hydrogen (secondary N) is 1. The molecule has 7 heteroatoms. The number of carbonyl (C=O) groups excluding carboxylic acids is 2. The van der Waals surface area contributed by atoms with Crippen LogP contribution in [-0.2, 0) is 4.79 Å². The summed E-state index contributed by atoms with van der Waals surface area (Å²) in [4.78, 5) is 24.6. The summed E-state index contributed by atoms with van der Waals surface area (Å²) in [6.45, 7) is 5.76. The summed E-state index contributed by atoms with van der Waals surface area (Å²) in [5.74, 6) is -1.30. The predicted octanol–water partition coefficient (Wildman–Crippen LogP) is 3.08. The normalized spacial score (nSPS) is 10.6. The number of Topliss-reactive ketones (excluding diaryl/α,β-unsaturated/α-hetero) is 1. The second kappa shape index (κ2) is 6.37. The molecule has 2 aromatic heterocycles. The van der Waals surface area contributed by atoms with Crippen LogP contribution < -0.4 is 5.32 Å². The van der Waals surface area contributed by atoms with Crippen LogP contribution in [0.2, 0.25) is 0 Å². The number of aromatic nitrogens is 3. The Kier molecular flexibility index (Phi) is 4.26. The molecule has 1 N–H and O–H groups in total. The molecule has 2 heterocycles. The van der Waals surface area contributed by atoms with Gasteiger partial charge < -0.3 is 4.57 Å². The van der Waals surface area contributed by atoms with Gasteiger partial charge in [0.15, 0.2) is 0 Å². The van der Waals surface area contributed by atoms with Crippen LogP contribution in [-0.4, -0.2) is 26.5 Å². The number of rotatable bonds is 4. The third kappa shape index (κ3) is 2.98. The molecule has 0 bridgehead atoms. The molecule has 0 radical (unpaired) electrons. The second-order valence-corrected chi connectivity index (χ2v) is 6.32. The first kappa shape index (κ1) is 16.1. The molecule has 6 nitrogen and oxygen atoms in total. The Morgan fingerprint density at radius 2 is 1.96 bits per heavy atom. The van der Waals surface area contributed by atoms with E-state index in [0.717, 1.165) is 34.0 Å². The molecule has 1 aromatic carbocycles. The minimum absolute atomic E-state index is 0.306. The first-order valence-electron chi connectivity index (χ1n) is 7.35. The van der Waals surface area contributed by atoms with Crippen LogP contribution in [0.1, 0.15) is 27.3 Å². The van der Waals surface area contributed by atoms with Crippen LogP contribution in [0.15, 0.2) is 35.8 Å². The Labute approximate surface area is 143 Å². The average Bonchev–Trinajstić information content (AvgIpc) is 3.14. The monoisotopic (exact) mass is 340 g/mol. The topological polar surface area (TPSA) is 76.9 Å². The van der Waals surface area contributed by atoms with E-state index in [1.54, 1.807) is 6.07 Å². The van der Waals surface area contributed by atoms with Crippen molar-refractivity contribution in [1.29, 1.82) is 0 Å². The smallest absolute Gasteiger partial charge is 0.298 e. The molecule has 0 aliphatic carbocycles. The van der Waals surface area contributed by atoms with Crippen LogP contribution >= 0.6 is 11.3 Å². The molecule has 0 atom stereocenters. The van der Waals surface area contributed by atoms with Crippen molar-refractivity contribution in [2.24, 2.45) is 0 Å². The van der Waals surface area contributed by atoms with Gasteiger partial charge in [0.05, 0.1) is 0 Å². The van der Waals surface area contributed by atoms with Crippen molar-refractivity contribution in [3.8, 4) is 5.69 Å². The van der Waals surface area contributed by atoms with Crippen LogP contribution in [0.4, 0.5) is 5.13 Å². The van der Waals surface area contributed by atoms with E-state index in [-0.39, 0.29) is 0 Å². The maximum absolute atomic E-state index is 12.5. The number of ketones is 1. The maximum Gasteiger partial charge on any atom is 0.298 e. The molecule has 3 aromatic rings. The Morgan fingerprint density at radius 1 is 1.17 bits per heavy atom. The summed E-state index contributed by atoms with van der Waals surface area (Å²) in [6.07, 6.45) is 0. The number of hydrogen-bond donors (Lipinski definition) is 1. The fraction of sp³-hybridized carbons (Fsp3) is 0.176. The van der Waals surface area contributed by atoms with E-state index in [4.69, 9.17) is 0 Å². The number of amides is 1. The van der Waals surface area contributed by atoms with Crippen molar-refractivity contribution in [3.05, 3.63) is 58.4 Å². The zero-order valence-electron chi connectivity index (χ0n) is 13.5. The van der Waals surface area contributed by atoms with Gasteiger partial charge in [-0.15, -0.1) is 10.2 Å². The van der Waals surface area contributed by atoms with Gasteiger partial charge in [0.1, 0.15) is 5.51 Å². The van der Waals surface area contributed by atoms with E-state index in [9.17, 15) is 9.59 Å². The highest BCUT2D eigenvalue weighted by molar-refractivity contribution is 7.13. The second-order valence-electron chi connectivity index (χ2n) is 5.49. The summed E-state index contributed by atoms with van der Waals surface area (Å²) in [5.41, 5.74) is 5.59. The maximum atomic E-state index is 12.5. The summed E-state index contributed by atoms with van der Waals surface area (Å²) in [6, 6.07) is 9.73. The molecular weight excluding hydrogens is 324 g/mol. The number of nitrogens with zero attached hydrogens (tertiary/aromatic N) is 3. The third-order valence-electron chi connectivity index (χ3n) is 3.72. The SMILES string of the molecule is Cc1cccc(-n2c(C)cc(C(=O)C(=O)Nc3nncs3)c2C)c1. The van der Waals surface area contributed by atoms with Gasteiger partial charge in [-0.3, -0.25) is 14.9 Å². The van der Waals surface area contributed by atoms with Gasteiger partial charge in [-0.2, -0.15) is 0 Å². The summed E-state index contributed by atoms with van der Waals surface area (Å²) in [7, 11) is 0. The van der Waals surface area contributed by atoms with Crippen molar-refractivity contribution in [2.45, 2.75) is 20.8 Å². The van der Waals surface area contributed by atoms with Crippen LogP contribution in [0.3, 0.4) is 0 Å². The molecule has 0 aliphatic rings. The van der Waals surface area contributed by atoms with Gasteiger partial charge in [0.2, 0.25) is 5.13 Å². The molecule has 0 unspecified atom stereocenters. The molecule has 1 amide bonds. The zero-order chi connectivity index (χ0) is 17.3. The summed E-state index contributed by atoms with van der Waals surface area (Å²) in [5, 5.41) is 10.1. The standard InChI is InChI=1S/C17H16N4O2S/c1-10-5-4-6-13(7-10)21-11(2)8-14(12(21)3)15(22)16(23)19-17-20-18-9-24-17/h4-9H,1-3H3,(H,19,20,23). The van der Waals surface area contributed by atoms with E-state index < -0.39 is 11.7 Å². The minimum atomic E-state index is -0.712. The number of aryl methyl sites for hydroxylation is 2. The van der Waals surface area contributed by atoms with Crippen LogP contribution in [0.5, 0.6) is 0 Å². The summed E-state index contributed by atoms with van der Waals surface area (Å²) >= 11 is 1.16. The Hall–Kier alpha value is -2.80. The van der Waals surface area contributed by atoms with E-state index in [1.165, 1.54) is 5.51 Å². The molecule has 0 saturated carbocycles. The fourth-order valence-electron chi connectivity index (χ4n) is 2.66. The van der Waals surface area contributed by atoms with Crippen molar-refractivity contribution in [2.75, 3.05) is 5.32 Å². The first-order chi connectivity index (χ1) is 11.5. The molecule has 3 rings (SSSR count). The average molecular weight is 340 g/mol. The van der Waals surface area contributed by atoms with E-state index >= 15 is 0 Å². The number of benzene rings is 1. The van der Waals surface area contributed by atoms with Gasteiger partial charge in [0.25, 0.3) is 11.7 Å². The first-order valence-corrected chi connectivity index (χ1v) is 8.23. The van der Waals surface area contributed by atoms with Crippen molar-refractivity contribution >= 4 is 28.2 Å². The van der Waals surface area contributed by atoms with E-state index in [0.29, 0.717) is 10.7 Å². The van der Waals surface area contributed by atoms with Crippen molar-refractivity contribution in [1.82, 2.24) is 14.8 Å². The van der Waals surface area contributed by atoms with E-state index in [2.05, 4.69) is 15.5 Å².